The molecular weight excluding hydrogens is 371 g/mol. The average molecular weight is 382 g/mol. The van der Waals surface area contributed by atoms with Gasteiger partial charge in [-0.05, 0) is 34.7 Å². The maximum atomic E-state index is 4.82. The Morgan fingerprint density at radius 3 is 2.43 bits per heavy atom. The zero-order valence-corrected chi connectivity index (χ0v) is 13.3. The molecule has 2 aromatic heterocycles. The topological polar surface area (TPSA) is 25.8 Å². The van der Waals surface area contributed by atoms with Crippen molar-refractivity contribution >= 4 is 44.4 Å². The van der Waals surface area contributed by atoms with Crippen LogP contribution in [0.3, 0.4) is 0 Å². The Bertz CT molecular complexity index is 949. The first-order chi connectivity index (χ1) is 10.3. The summed E-state index contributed by atoms with van der Waals surface area (Å²) in [6, 6.07) is 20.6. The molecule has 0 radical (unpaired) electrons. The van der Waals surface area contributed by atoms with Crippen molar-refractivity contribution < 1.29 is 0 Å². The Kier molecular flexibility index (Phi) is 3.07. The number of fused-ring (bicyclic) bond motifs is 2. The van der Waals surface area contributed by atoms with Gasteiger partial charge in [-0.2, -0.15) is 0 Å². The van der Waals surface area contributed by atoms with Crippen molar-refractivity contribution in [3.05, 3.63) is 70.4 Å². The molecule has 0 fully saturated rings. The molecule has 4 aromatic rings. The van der Waals surface area contributed by atoms with E-state index in [1.165, 1.54) is 0 Å². The molecule has 100 valence electrons. The third kappa shape index (κ3) is 2.17. The van der Waals surface area contributed by atoms with Crippen LogP contribution in [0.2, 0.25) is 0 Å². The SMILES string of the molecule is Ic1c(-c2ccccc2)ncc2cc3ccccc3nc12. The van der Waals surface area contributed by atoms with E-state index in [4.69, 9.17) is 4.98 Å². The lowest BCUT2D eigenvalue weighted by atomic mass is 10.1. The number of nitrogens with zero attached hydrogens (tertiary/aromatic N) is 2. The third-order valence-corrected chi connectivity index (χ3v) is 4.57. The smallest absolute Gasteiger partial charge is 0.0880 e. The predicted octanol–water partition coefficient (Wildman–Crippen LogP) is 5.05. The first kappa shape index (κ1) is 12.7. The van der Waals surface area contributed by atoms with E-state index in [2.05, 4.69) is 51.8 Å². The van der Waals surface area contributed by atoms with Gasteiger partial charge in [0.05, 0.1) is 20.3 Å². The number of para-hydroxylation sites is 1. The van der Waals surface area contributed by atoms with Crippen LogP contribution < -0.4 is 0 Å². The van der Waals surface area contributed by atoms with Gasteiger partial charge in [0.1, 0.15) is 0 Å². The fraction of sp³-hybridized carbons (Fsp3) is 0. The molecule has 0 spiro atoms. The lowest BCUT2D eigenvalue weighted by molar-refractivity contribution is 1.32. The monoisotopic (exact) mass is 382 g/mol. The lowest BCUT2D eigenvalue weighted by Gasteiger charge is -2.08. The number of aromatic nitrogens is 2. The summed E-state index contributed by atoms with van der Waals surface area (Å²) in [6.45, 7) is 0. The second-order valence-electron chi connectivity index (χ2n) is 4.91. The van der Waals surface area contributed by atoms with Crippen molar-refractivity contribution in [2.45, 2.75) is 0 Å². The van der Waals surface area contributed by atoms with Crippen LogP contribution in [0.25, 0.3) is 33.1 Å². The highest BCUT2D eigenvalue weighted by molar-refractivity contribution is 14.1. The average Bonchev–Trinajstić information content (AvgIpc) is 2.55. The first-order valence-corrected chi connectivity index (χ1v) is 7.80. The number of hydrogen-bond donors (Lipinski definition) is 0. The maximum Gasteiger partial charge on any atom is 0.0880 e. The van der Waals surface area contributed by atoms with Gasteiger partial charge in [0, 0.05) is 22.5 Å². The standard InChI is InChI=1S/C18H11IN2/c19-16-17(12-6-2-1-3-7-12)20-11-14-10-13-8-4-5-9-15(13)21-18(14)16/h1-11H. The van der Waals surface area contributed by atoms with Gasteiger partial charge in [0.25, 0.3) is 0 Å². The van der Waals surface area contributed by atoms with Gasteiger partial charge in [-0.25, -0.2) is 4.98 Å². The van der Waals surface area contributed by atoms with E-state index in [1.807, 2.05) is 42.6 Å². The molecule has 0 bridgehead atoms. The molecule has 2 heterocycles. The summed E-state index contributed by atoms with van der Waals surface area (Å²) in [5.41, 5.74) is 4.15. The number of halogens is 1. The van der Waals surface area contributed by atoms with Crippen molar-refractivity contribution in [2.24, 2.45) is 0 Å². The highest BCUT2D eigenvalue weighted by Crippen LogP contribution is 2.29. The molecule has 0 aliphatic heterocycles. The number of hydrogen-bond acceptors (Lipinski definition) is 2. The molecule has 0 saturated heterocycles. The van der Waals surface area contributed by atoms with Crippen LogP contribution in [0, 0.1) is 3.57 Å². The van der Waals surface area contributed by atoms with E-state index in [0.717, 1.165) is 36.6 Å². The van der Waals surface area contributed by atoms with Gasteiger partial charge < -0.3 is 0 Å². The molecule has 0 aliphatic carbocycles. The summed E-state index contributed by atoms with van der Waals surface area (Å²) in [7, 11) is 0. The molecule has 0 N–H and O–H groups in total. The van der Waals surface area contributed by atoms with E-state index in [9.17, 15) is 0 Å². The van der Waals surface area contributed by atoms with Crippen molar-refractivity contribution in [1.29, 1.82) is 0 Å². The molecule has 0 aliphatic rings. The third-order valence-electron chi connectivity index (χ3n) is 3.55. The predicted molar refractivity (Wildman–Crippen MR) is 95.2 cm³/mol. The van der Waals surface area contributed by atoms with Crippen LogP contribution >= 0.6 is 22.6 Å². The maximum absolute atomic E-state index is 4.82. The van der Waals surface area contributed by atoms with Crippen molar-refractivity contribution in [3.63, 3.8) is 0 Å². The van der Waals surface area contributed by atoms with Gasteiger partial charge >= 0.3 is 0 Å². The van der Waals surface area contributed by atoms with Gasteiger partial charge in [-0.15, -0.1) is 0 Å². The Morgan fingerprint density at radius 1 is 0.810 bits per heavy atom. The Labute approximate surface area is 136 Å². The molecule has 0 saturated carbocycles. The minimum Gasteiger partial charge on any atom is -0.254 e. The summed E-state index contributed by atoms with van der Waals surface area (Å²) in [4.78, 5) is 9.45. The van der Waals surface area contributed by atoms with Crippen LogP contribution in [-0.4, -0.2) is 9.97 Å². The first-order valence-electron chi connectivity index (χ1n) is 6.72. The Morgan fingerprint density at radius 2 is 1.57 bits per heavy atom. The number of benzene rings is 2. The largest absolute Gasteiger partial charge is 0.254 e. The molecular formula is C18H11IN2. The molecule has 2 aromatic carbocycles. The number of pyridine rings is 2. The molecule has 0 amide bonds. The minimum atomic E-state index is 0.992. The van der Waals surface area contributed by atoms with Crippen molar-refractivity contribution in [1.82, 2.24) is 9.97 Å². The summed E-state index contributed by atoms with van der Waals surface area (Å²) < 4.78 is 1.10. The molecule has 2 nitrogen and oxygen atoms in total. The van der Waals surface area contributed by atoms with Crippen molar-refractivity contribution in [2.75, 3.05) is 0 Å². The molecule has 0 unspecified atom stereocenters. The van der Waals surface area contributed by atoms with Crippen LogP contribution in [0.1, 0.15) is 0 Å². The Hall–Kier alpha value is -2.01. The van der Waals surface area contributed by atoms with Gasteiger partial charge in [-0.1, -0.05) is 48.5 Å². The summed E-state index contributed by atoms with van der Waals surface area (Å²) in [5.74, 6) is 0. The second-order valence-corrected chi connectivity index (χ2v) is 5.98. The summed E-state index contributed by atoms with van der Waals surface area (Å²) in [5, 5.41) is 2.23. The lowest BCUT2D eigenvalue weighted by Crippen LogP contribution is -1.92. The normalized spacial score (nSPS) is 11.1. The van der Waals surface area contributed by atoms with Crippen molar-refractivity contribution in [3.8, 4) is 11.3 Å². The number of rotatable bonds is 1. The van der Waals surface area contributed by atoms with Gasteiger partial charge in [-0.3, -0.25) is 4.98 Å². The van der Waals surface area contributed by atoms with E-state index in [1.54, 1.807) is 0 Å². The fourth-order valence-electron chi connectivity index (χ4n) is 2.51. The van der Waals surface area contributed by atoms with Crippen LogP contribution in [-0.2, 0) is 0 Å². The van der Waals surface area contributed by atoms with Crippen LogP contribution in [0.5, 0.6) is 0 Å². The molecule has 3 heteroatoms. The summed E-state index contributed by atoms with van der Waals surface area (Å²) >= 11 is 2.35. The molecule has 4 rings (SSSR count). The van der Waals surface area contributed by atoms with Crippen LogP contribution in [0.4, 0.5) is 0 Å². The zero-order valence-electron chi connectivity index (χ0n) is 11.1. The zero-order chi connectivity index (χ0) is 14.2. The highest BCUT2D eigenvalue weighted by atomic mass is 127. The van der Waals surface area contributed by atoms with E-state index in [-0.39, 0.29) is 0 Å². The summed E-state index contributed by atoms with van der Waals surface area (Å²) in [6.07, 6.45) is 1.92. The van der Waals surface area contributed by atoms with E-state index in [0.29, 0.717) is 0 Å². The Balaban J connectivity index is 2.04. The molecule has 21 heavy (non-hydrogen) atoms. The highest BCUT2D eigenvalue weighted by Gasteiger charge is 2.10. The fourth-order valence-corrected chi connectivity index (χ4v) is 3.39. The second kappa shape index (κ2) is 5.07. The quantitative estimate of drug-likeness (QED) is 0.340. The van der Waals surface area contributed by atoms with E-state index >= 15 is 0 Å². The van der Waals surface area contributed by atoms with Crippen LogP contribution in [0.15, 0.2) is 66.9 Å². The minimum absolute atomic E-state index is 0.992. The van der Waals surface area contributed by atoms with Gasteiger partial charge in [0.2, 0.25) is 0 Å². The van der Waals surface area contributed by atoms with E-state index < -0.39 is 0 Å². The van der Waals surface area contributed by atoms with Gasteiger partial charge in [0.15, 0.2) is 0 Å². The molecule has 0 atom stereocenters.